The van der Waals surface area contributed by atoms with E-state index in [0.29, 0.717) is 18.0 Å². The fourth-order valence-electron chi connectivity index (χ4n) is 1.76. The fraction of sp³-hybridized carbons (Fsp3) is 0.533. The summed E-state index contributed by atoms with van der Waals surface area (Å²) in [5.41, 5.74) is 1.69. The molecular weight excluding hydrogens is 274 g/mol. The minimum atomic E-state index is -0.0212. The molecule has 0 bridgehead atoms. The van der Waals surface area contributed by atoms with Crippen molar-refractivity contribution >= 4 is 28.9 Å². The topological polar surface area (TPSA) is 44.4 Å². The monoisotopic (exact) mass is 297 g/mol. The zero-order chi connectivity index (χ0) is 15.3. The minimum Gasteiger partial charge on any atom is -0.376 e. The lowest BCUT2D eigenvalue weighted by Gasteiger charge is -2.21. The zero-order valence-electron chi connectivity index (χ0n) is 12.9. The lowest BCUT2D eigenvalue weighted by atomic mass is 10.1. The van der Waals surface area contributed by atoms with Crippen molar-refractivity contribution in [2.45, 2.75) is 32.7 Å². The van der Waals surface area contributed by atoms with Gasteiger partial charge in [-0.2, -0.15) is 0 Å². The number of halogens is 1. The molecule has 5 heteroatoms. The van der Waals surface area contributed by atoms with E-state index in [-0.39, 0.29) is 11.4 Å². The first-order valence-corrected chi connectivity index (χ1v) is 7.08. The molecule has 112 valence electrons. The molecule has 0 radical (unpaired) electrons. The van der Waals surface area contributed by atoms with Gasteiger partial charge in [0.05, 0.1) is 11.4 Å². The van der Waals surface area contributed by atoms with E-state index in [1.807, 2.05) is 31.1 Å². The maximum Gasteiger partial charge on any atom is 0.225 e. The van der Waals surface area contributed by atoms with E-state index in [9.17, 15) is 4.79 Å². The summed E-state index contributed by atoms with van der Waals surface area (Å²) in [5.74, 6) is -0.0212. The largest absolute Gasteiger partial charge is 0.376 e. The lowest BCUT2D eigenvalue weighted by molar-refractivity contribution is -0.116. The highest BCUT2D eigenvalue weighted by Crippen LogP contribution is 2.27. The van der Waals surface area contributed by atoms with Gasteiger partial charge in [0.2, 0.25) is 5.91 Å². The van der Waals surface area contributed by atoms with E-state index in [1.165, 1.54) is 0 Å². The van der Waals surface area contributed by atoms with Gasteiger partial charge in [-0.15, -0.1) is 0 Å². The Morgan fingerprint density at radius 2 is 1.95 bits per heavy atom. The van der Waals surface area contributed by atoms with Gasteiger partial charge in [0.15, 0.2) is 0 Å². The fourth-order valence-corrected chi connectivity index (χ4v) is 1.93. The van der Waals surface area contributed by atoms with Crippen molar-refractivity contribution in [1.82, 2.24) is 5.32 Å². The van der Waals surface area contributed by atoms with E-state index in [2.05, 4.69) is 31.4 Å². The first kappa shape index (κ1) is 16.8. The maximum absolute atomic E-state index is 12.0. The number of nitrogens with one attached hydrogen (secondary N) is 2. The molecule has 1 amide bonds. The van der Waals surface area contributed by atoms with Crippen LogP contribution in [0.2, 0.25) is 5.02 Å². The average Bonchev–Trinajstić information content (AvgIpc) is 2.26. The third-order valence-electron chi connectivity index (χ3n) is 2.72. The molecule has 0 saturated heterocycles. The molecule has 0 unspecified atom stereocenters. The van der Waals surface area contributed by atoms with Gasteiger partial charge < -0.3 is 15.5 Å². The quantitative estimate of drug-likeness (QED) is 0.877. The number of anilines is 2. The summed E-state index contributed by atoms with van der Waals surface area (Å²) >= 11 is 5.99. The number of carbonyl (C=O) groups excluding carboxylic acids is 1. The second kappa shape index (κ2) is 6.95. The summed E-state index contributed by atoms with van der Waals surface area (Å²) in [4.78, 5) is 13.9. The number of amides is 1. The van der Waals surface area contributed by atoms with Crippen LogP contribution in [0.1, 0.15) is 27.2 Å². The summed E-state index contributed by atoms with van der Waals surface area (Å²) in [6.45, 7) is 6.87. The van der Waals surface area contributed by atoms with Gasteiger partial charge in [0, 0.05) is 37.6 Å². The molecule has 1 aromatic rings. The standard InChI is InChI=1S/C15H24ClN3O/c1-15(2,3)17-9-8-14(20)18-12-10-11(16)6-7-13(12)19(4)5/h6-7,10,17H,8-9H2,1-5H3,(H,18,20). The number of hydrogen-bond acceptors (Lipinski definition) is 3. The van der Waals surface area contributed by atoms with Gasteiger partial charge in [-0.1, -0.05) is 11.6 Å². The third kappa shape index (κ3) is 5.80. The zero-order valence-corrected chi connectivity index (χ0v) is 13.6. The highest BCUT2D eigenvalue weighted by Gasteiger charge is 2.12. The van der Waals surface area contributed by atoms with Crippen molar-refractivity contribution in [1.29, 1.82) is 0 Å². The Kier molecular flexibility index (Phi) is 5.84. The predicted octanol–water partition coefficient (Wildman–Crippen LogP) is 3.12. The van der Waals surface area contributed by atoms with Crippen LogP contribution in [0.4, 0.5) is 11.4 Å². The van der Waals surface area contributed by atoms with Crippen molar-refractivity contribution in [3.8, 4) is 0 Å². The molecule has 0 heterocycles. The Bertz CT molecular complexity index is 467. The molecule has 1 rings (SSSR count). The predicted molar refractivity (Wildman–Crippen MR) is 86.8 cm³/mol. The Labute approximate surface area is 126 Å². The van der Waals surface area contributed by atoms with Crippen LogP contribution in [0, 0.1) is 0 Å². The van der Waals surface area contributed by atoms with Crippen molar-refractivity contribution < 1.29 is 4.79 Å². The molecular formula is C15H24ClN3O. The van der Waals surface area contributed by atoms with E-state index in [1.54, 1.807) is 6.07 Å². The first-order valence-electron chi connectivity index (χ1n) is 6.71. The summed E-state index contributed by atoms with van der Waals surface area (Å²) in [6, 6.07) is 5.48. The Hall–Kier alpha value is -1.26. The van der Waals surface area contributed by atoms with Crippen molar-refractivity contribution in [3.63, 3.8) is 0 Å². The molecule has 2 N–H and O–H groups in total. The summed E-state index contributed by atoms with van der Waals surface area (Å²) in [7, 11) is 3.86. The molecule has 0 aliphatic rings. The molecule has 20 heavy (non-hydrogen) atoms. The maximum atomic E-state index is 12.0. The number of benzene rings is 1. The molecule has 0 aliphatic carbocycles. The van der Waals surface area contributed by atoms with Crippen LogP contribution < -0.4 is 15.5 Å². The van der Waals surface area contributed by atoms with Crippen LogP contribution >= 0.6 is 11.6 Å². The van der Waals surface area contributed by atoms with Crippen molar-refractivity contribution in [2.75, 3.05) is 30.9 Å². The van der Waals surface area contributed by atoms with Crippen molar-refractivity contribution in [3.05, 3.63) is 23.2 Å². The van der Waals surface area contributed by atoms with Crippen LogP contribution in [0.15, 0.2) is 18.2 Å². The number of carbonyl (C=O) groups is 1. The third-order valence-corrected chi connectivity index (χ3v) is 2.96. The highest BCUT2D eigenvalue weighted by atomic mass is 35.5. The van der Waals surface area contributed by atoms with Crippen LogP contribution in [0.5, 0.6) is 0 Å². The van der Waals surface area contributed by atoms with Crippen LogP contribution in [-0.4, -0.2) is 32.1 Å². The highest BCUT2D eigenvalue weighted by molar-refractivity contribution is 6.31. The average molecular weight is 298 g/mol. The van der Waals surface area contributed by atoms with Crippen LogP contribution in [0.25, 0.3) is 0 Å². The Morgan fingerprint density at radius 1 is 1.30 bits per heavy atom. The smallest absolute Gasteiger partial charge is 0.225 e. The molecule has 0 fully saturated rings. The van der Waals surface area contributed by atoms with Gasteiger partial charge in [-0.25, -0.2) is 0 Å². The van der Waals surface area contributed by atoms with Gasteiger partial charge in [0.25, 0.3) is 0 Å². The number of rotatable bonds is 5. The van der Waals surface area contributed by atoms with Gasteiger partial charge >= 0.3 is 0 Å². The molecule has 0 spiro atoms. The Balaban J connectivity index is 2.64. The molecule has 0 atom stereocenters. The van der Waals surface area contributed by atoms with Crippen molar-refractivity contribution in [2.24, 2.45) is 0 Å². The summed E-state index contributed by atoms with van der Waals surface area (Å²) in [5, 5.41) is 6.81. The molecule has 1 aromatic carbocycles. The minimum absolute atomic E-state index is 0.0190. The van der Waals surface area contributed by atoms with Crippen LogP contribution in [0.3, 0.4) is 0 Å². The van der Waals surface area contributed by atoms with Gasteiger partial charge in [0.1, 0.15) is 0 Å². The Morgan fingerprint density at radius 3 is 2.50 bits per heavy atom. The van der Waals surface area contributed by atoms with E-state index >= 15 is 0 Å². The van der Waals surface area contributed by atoms with E-state index in [0.717, 1.165) is 11.4 Å². The second-order valence-corrected chi connectivity index (χ2v) is 6.47. The number of nitrogens with zero attached hydrogens (tertiary/aromatic N) is 1. The lowest BCUT2D eigenvalue weighted by Crippen LogP contribution is -2.37. The number of hydrogen-bond donors (Lipinski definition) is 2. The van der Waals surface area contributed by atoms with Crippen LogP contribution in [-0.2, 0) is 4.79 Å². The molecule has 0 aliphatic heterocycles. The first-order chi connectivity index (χ1) is 9.19. The second-order valence-electron chi connectivity index (χ2n) is 6.03. The van der Waals surface area contributed by atoms with E-state index < -0.39 is 0 Å². The molecule has 0 saturated carbocycles. The molecule has 4 nitrogen and oxygen atoms in total. The molecule has 0 aromatic heterocycles. The summed E-state index contributed by atoms with van der Waals surface area (Å²) < 4.78 is 0. The normalized spacial score (nSPS) is 11.3. The SMILES string of the molecule is CN(C)c1ccc(Cl)cc1NC(=O)CCNC(C)(C)C. The summed E-state index contributed by atoms with van der Waals surface area (Å²) in [6.07, 6.45) is 0.427. The van der Waals surface area contributed by atoms with E-state index in [4.69, 9.17) is 11.6 Å². The van der Waals surface area contributed by atoms with Gasteiger partial charge in [-0.05, 0) is 39.0 Å². The van der Waals surface area contributed by atoms with Gasteiger partial charge in [-0.3, -0.25) is 4.79 Å².